The van der Waals surface area contributed by atoms with E-state index < -0.39 is 12.0 Å². The summed E-state index contributed by atoms with van der Waals surface area (Å²) < 4.78 is 9.86. The van der Waals surface area contributed by atoms with Gasteiger partial charge in [-0.25, -0.2) is 4.79 Å². The highest BCUT2D eigenvalue weighted by molar-refractivity contribution is 5.97. The maximum absolute atomic E-state index is 12.5. The van der Waals surface area contributed by atoms with Gasteiger partial charge in [0.25, 0.3) is 5.91 Å². The van der Waals surface area contributed by atoms with Crippen LogP contribution in [0.1, 0.15) is 28.4 Å². The highest BCUT2D eigenvalue weighted by Crippen LogP contribution is 2.10. The number of likely N-dealkylation sites (N-methyl/N-ethyl adjacent to an activating group) is 1. The quantitative estimate of drug-likeness (QED) is 0.569. The number of hydrogen-bond donors (Lipinski definition) is 2. The number of nitrogens with one attached hydrogen (secondary N) is 2. The zero-order valence-corrected chi connectivity index (χ0v) is 17.4. The molecular weight excluding hydrogens is 380 g/mol. The Balaban J connectivity index is 2.03. The summed E-state index contributed by atoms with van der Waals surface area (Å²) in [4.78, 5) is 24.4. The smallest absolute Gasteiger partial charge is 0.330 e. The Morgan fingerprint density at radius 1 is 0.900 bits per heavy atom. The number of carbonyl (C=O) groups excluding carboxylic acids is 2. The molecule has 2 aromatic rings. The second-order valence-electron chi connectivity index (χ2n) is 6.36. The van der Waals surface area contributed by atoms with Gasteiger partial charge in [-0.3, -0.25) is 4.79 Å². The van der Waals surface area contributed by atoms with Crippen LogP contribution in [0, 0.1) is 23.7 Å². The third kappa shape index (κ3) is 6.41. The normalized spacial score (nSPS) is 11.6. The average molecular weight is 404 g/mol. The lowest BCUT2D eigenvalue weighted by atomic mass is 10.1. The first kappa shape index (κ1) is 22.5. The Labute approximate surface area is 177 Å². The van der Waals surface area contributed by atoms with E-state index in [2.05, 4.69) is 34.3 Å². The first-order valence-corrected chi connectivity index (χ1v) is 9.30. The Hall–Kier alpha value is -3.74. The molecule has 0 saturated carbocycles. The number of rotatable bonds is 6. The average Bonchev–Trinajstić information content (AvgIpc) is 2.79. The van der Waals surface area contributed by atoms with E-state index in [1.54, 1.807) is 45.3 Å². The topological polar surface area (TPSA) is 76.7 Å². The fraction of sp³-hybridized carbons (Fsp3) is 0.250. The molecule has 0 radical (unpaired) electrons. The van der Waals surface area contributed by atoms with Crippen molar-refractivity contribution >= 4 is 11.9 Å². The lowest BCUT2D eigenvalue weighted by Gasteiger charge is -2.22. The maximum Gasteiger partial charge on any atom is 0.330 e. The van der Waals surface area contributed by atoms with Gasteiger partial charge in [0.2, 0.25) is 0 Å². The predicted molar refractivity (Wildman–Crippen MR) is 115 cm³/mol. The summed E-state index contributed by atoms with van der Waals surface area (Å²) in [5, 5.41) is 5.63. The summed E-state index contributed by atoms with van der Waals surface area (Å²) >= 11 is 0. The number of methoxy groups -OCH3 is 2. The lowest BCUT2D eigenvalue weighted by Crippen LogP contribution is -2.52. The van der Waals surface area contributed by atoms with Crippen molar-refractivity contribution in [1.29, 1.82) is 0 Å². The molecule has 154 valence electrons. The SMILES string of the molecule is CN[C@H](C)[C@H](NC(=O)c1ccc(C#CC#Cc2ccc(OC)cc2)cc1)C(=O)OC. The van der Waals surface area contributed by atoms with Gasteiger partial charge < -0.3 is 20.1 Å². The van der Waals surface area contributed by atoms with Gasteiger partial charge in [-0.2, -0.15) is 0 Å². The van der Waals surface area contributed by atoms with Crippen molar-refractivity contribution < 1.29 is 19.1 Å². The molecule has 0 aliphatic carbocycles. The molecule has 6 heteroatoms. The Morgan fingerprint density at radius 2 is 1.43 bits per heavy atom. The van der Waals surface area contributed by atoms with Crippen molar-refractivity contribution in [2.75, 3.05) is 21.3 Å². The fourth-order valence-electron chi connectivity index (χ4n) is 2.49. The van der Waals surface area contributed by atoms with E-state index in [-0.39, 0.29) is 11.9 Å². The maximum atomic E-state index is 12.5. The molecular formula is C24H24N2O4. The second kappa shape index (κ2) is 11.3. The fourth-order valence-corrected chi connectivity index (χ4v) is 2.49. The number of amides is 1. The molecule has 0 aromatic heterocycles. The van der Waals surface area contributed by atoms with Gasteiger partial charge >= 0.3 is 5.97 Å². The Bertz CT molecular complexity index is 990. The molecule has 0 heterocycles. The highest BCUT2D eigenvalue weighted by atomic mass is 16.5. The van der Waals surface area contributed by atoms with Crippen LogP contribution in [0.5, 0.6) is 5.75 Å². The van der Waals surface area contributed by atoms with Crippen LogP contribution >= 0.6 is 0 Å². The van der Waals surface area contributed by atoms with Crippen LogP contribution < -0.4 is 15.4 Å². The minimum Gasteiger partial charge on any atom is -0.497 e. The molecule has 6 nitrogen and oxygen atoms in total. The molecule has 2 rings (SSSR count). The molecule has 0 fully saturated rings. The molecule has 0 saturated heterocycles. The molecule has 2 aromatic carbocycles. The van der Waals surface area contributed by atoms with E-state index >= 15 is 0 Å². The van der Waals surface area contributed by atoms with Crippen LogP contribution in [0.15, 0.2) is 48.5 Å². The number of esters is 1. The third-order valence-electron chi connectivity index (χ3n) is 4.41. The minimum absolute atomic E-state index is 0.282. The van der Waals surface area contributed by atoms with Gasteiger partial charge in [0, 0.05) is 22.7 Å². The summed E-state index contributed by atoms with van der Waals surface area (Å²) in [6, 6.07) is 13.1. The number of ether oxygens (including phenoxy) is 2. The van der Waals surface area contributed by atoms with Crippen LogP contribution in [0.3, 0.4) is 0 Å². The van der Waals surface area contributed by atoms with Crippen LogP contribution in [-0.4, -0.2) is 45.2 Å². The van der Waals surface area contributed by atoms with Crippen LogP contribution in [0.2, 0.25) is 0 Å². The largest absolute Gasteiger partial charge is 0.497 e. The van der Waals surface area contributed by atoms with Crippen LogP contribution in [-0.2, 0) is 9.53 Å². The molecule has 0 unspecified atom stereocenters. The summed E-state index contributed by atoms with van der Waals surface area (Å²) in [5.41, 5.74) is 1.99. The van der Waals surface area contributed by atoms with Gasteiger partial charge in [-0.15, -0.1) is 0 Å². The van der Waals surface area contributed by atoms with Crippen molar-refractivity contribution in [2.45, 2.75) is 19.0 Å². The van der Waals surface area contributed by atoms with E-state index in [0.29, 0.717) is 5.56 Å². The van der Waals surface area contributed by atoms with E-state index in [1.165, 1.54) is 7.11 Å². The van der Waals surface area contributed by atoms with Crippen LogP contribution in [0.25, 0.3) is 0 Å². The Morgan fingerprint density at radius 3 is 1.90 bits per heavy atom. The van der Waals surface area contributed by atoms with Gasteiger partial charge in [0.05, 0.1) is 14.2 Å². The molecule has 0 spiro atoms. The molecule has 2 atom stereocenters. The Kier molecular flexibility index (Phi) is 8.50. The van der Waals surface area contributed by atoms with Gasteiger partial charge in [-0.1, -0.05) is 11.8 Å². The molecule has 2 N–H and O–H groups in total. The number of carbonyl (C=O) groups is 2. The van der Waals surface area contributed by atoms with Crippen molar-refractivity contribution in [2.24, 2.45) is 0 Å². The highest BCUT2D eigenvalue weighted by Gasteiger charge is 2.27. The summed E-state index contributed by atoms with van der Waals surface area (Å²) in [6.45, 7) is 1.79. The zero-order valence-electron chi connectivity index (χ0n) is 17.4. The van der Waals surface area contributed by atoms with Gasteiger partial charge in [0.1, 0.15) is 11.8 Å². The summed E-state index contributed by atoms with van der Waals surface area (Å²) in [5.74, 6) is 11.4. The van der Waals surface area contributed by atoms with Crippen LogP contribution in [0.4, 0.5) is 0 Å². The first-order valence-electron chi connectivity index (χ1n) is 9.30. The zero-order chi connectivity index (χ0) is 21.9. The van der Waals surface area contributed by atoms with E-state index in [9.17, 15) is 9.59 Å². The molecule has 0 bridgehead atoms. The van der Waals surface area contributed by atoms with E-state index in [4.69, 9.17) is 9.47 Å². The van der Waals surface area contributed by atoms with Crippen molar-refractivity contribution in [3.8, 4) is 29.4 Å². The molecule has 0 aliphatic heterocycles. The number of benzene rings is 2. The minimum atomic E-state index is -0.791. The van der Waals surface area contributed by atoms with Gasteiger partial charge in [0.15, 0.2) is 0 Å². The first-order chi connectivity index (χ1) is 14.5. The lowest BCUT2D eigenvalue weighted by molar-refractivity contribution is -0.143. The summed E-state index contributed by atoms with van der Waals surface area (Å²) in [7, 11) is 4.61. The number of hydrogen-bond acceptors (Lipinski definition) is 5. The molecule has 30 heavy (non-hydrogen) atoms. The van der Waals surface area contributed by atoms with Crippen molar-refractivity contribution in [1.82, 2.24) is 10.6 Å². The third-order valence-corrected chi connectivity index (χ3v) is 4.41. The van der Waals surface area contributed by atoms with Crippen molar-refractivity contribution in [3.63, 3.8) is 0 Å². The monoisotopic (exact) mass is 404 g/mol. The summed E-state index contributed by atoms with van der Waals surface area (Å²) in [6.07, 6.45) is 0. The van der Waals surface area contributed by atoms with Gasteiger partial charge in [-0.05, 0) is 74.3 Å². The molecule has 0 aliphatic rings. The van der Waals surface area contributed by atoms with E-state index in [1.807, 2.05) is 24.3 Å². The van der Waals surface area contributed by atoms with E-state index in [0.717, 1.165) is 16.9 Å². The molecule has 1 amide bonds. The predicted octanol–water partition coefficient (Wildman–Crippen LogP) is 1.98. The standard InChI is InChI=1S/C24H24N2O4/c1-17(25-2)22(24(28)30-4)26-23(27)20-13-9-18(10-14-20)7-5-6-8-19-11-15-21(29-3)16-12-19/h9-17,22,25H,1-4H3,(H,26,27)/t17-,22+/m1/s1. The van der Waals surface area contributed by atoms with Crippen molar-refractivity contribution in [3.05, 3.63) is 65.2 Å². The second-order valence-corrected chi connectivity index (χ2v) is 6.36.